The molecule has 1 aromatic carbocycles. The van der Waals surface area contributed by atoms with Crippen LogP contribution in [0.15, 0.2) is 18.2 Å². The lowest BCUT2D eigenvalue weighted by atomic mass is 9.69. The van der Waals surface area contributed by atoms with Crippen molar-refractivity contribution in [3.8, 4) is 0 Å². The number of carbonyl (C=O) groups is 1. The molecule has 3 rings (SSSR count). The molecule has 27 heavy (non-hydrogen) atoms. The summed E-state index contributed by atoms with van der Waals surface area (Å²) >= 11 is 0. The minimum absolute atomic E-state index is 0.0265. The van der Waals surface area contributed by atoms with Crippen LogP contribution in [-0.2, 0) is 12.4 Å². The molecule has 0 saturated heterocycles. The van der Waals surface area contributed by atoms with Crippen LogP contribution >= 0.6 is 0 Å². The van der Waals surface area contributed by atoms with Gasteiger partial charge in [-0.2, -0.15) is 26.3 Å². The largest absolute Gasteiger partial charge is 0.416 e. The lowest BCUT2D eigenvalue weighted by Crippen LogP contribution is -2.47. The van der Waals surface area contributed by atoms with Crippen molar-refractivity contribution >= 4 is 5.91 Å². The highest BCUT2D eigenvalue weighted by Gasteiger charge is 2.61. The Kier molecular flexibility index (Phi) is 4.36. The topological polar surface area (TPSA) is 29.1 Å². The zero-order valence-corrected chi connectivity index (χ0v) is 15.2. The maximum atomic E-state index is 13.0. The fraction of sp³-hybridized carbons (Fsp3) is 0.632. The van der Waals surface area contributed by atoms with Crippen LogP contribution in [0, 0.1) is 16.7 Å². The summed E-state index contributed by atoms with van der Waals surface area (Å²) in [4.78, 5) is 12.5. The molecule has 1 amide bonds. The van der Waals surface area contributed by atoms with Gasteiger partial charge in [-0.05, 0) is 54.2 Å². The molecule has 8 heteroatoms. The maximum absolute atomic E-state index is 13.0. The van der Waals surface area contributed by atoms with Crippen molar-refractivity contribution in [3.63, 3.8) is 0 Å². The Balaban J connectivity index is 1.91. The molecular formula is C19H21F6NO. The van der Waals surface area contributed by atoms with Gasteiger partial charge in [0.15, 0.2) is 0 Å². The van der Waals surface area contributed by atoms with Crippen molar-refractivity contribution in [3.05, 3.63) is 34.9 Å². The molecular weight excluding hydrogens is 372 g/mol. The fourth-order valence-corrected chi connectivity index (χ4v) is 4.75. The predicted octanol–water partition coefficient (Wildman–Crippen LogP) is 5.67. The Hall–Kier alpha value is -1.73. The first-order chi connectivity index (χ1) is 12.2. The SMILES string of the molecule is CC1(C)[C@@H]2CC[C@@]1(C)[C@H](NC(=O)c1cc(C(F)(F)F)cc(C(F)(F)F)c1)C2. The summed E-state index contributed by atoms with van der Waals surface area (Å²) in [5, 5.41) is 2.71. The van der Waals surface area contributed by atoms with E-state index in [4.69, 9.17) is 0 Å². The third-order valence-corrected chi connectivity index (χ3v) is 6.95. The van der Waals surface area contributed by atoms with Crippen LogP contribution in [0.3, 0.4) is 0 Å². The second-order valence-corrected chi connectivity index (χ2v) is 8.43. The quantitative estimate of drug-likeness (QED) is 0.645. The molecule has 2 nitrogen and oxygen atoms in total. The highest BCUT2D eigenvalue weighted by atomic mass is 19.4. The van der Waals surface area contributed by atoms with E-state index in [1.807, 2.05) is 6.92 Å². The second-order valence-electron chi connectivity index (χ2n) is 8.43. The maximum Gasteiger partial charge on any atom is 0.416 e. The highest BCUT2D eigenvalue weighted by Crippen LogP contribution is 2.65. The first-order valence-electron chi connectivity index (χ1n) is 8.76. The van der Waals surface area contributed by atoms with E-state index in [2.05, 4.69) is 19.2 Å². The van der Waals surface area contributed by atoms with Crippen molar-refractivity contribution in [2.24, 2.45) is 16.7 Å². The van der Waals surface area contributed by atoms with Crippen molar-refractivity contribution in [2.75, 3.05) is 0 Å². The van der Waals surface area contributed by atoms with Gasteiger partial charge in [-0.1, -0.05) is 20.8 Å². The molecule has 0 aromatic heterocycles. The van der Waals surface area contributed by atoms with E-state index < -0.39 is 35.0 Å². The molecule has 2 aliphatic rings. The zero-order chi connectivity index (χ0) is 20.4. The first-order valence-corrected chi connectivity index (χ1v) is 8.76. The summed E-state index contributed by atoms with van der Waals surface area (Å²) in [6, 6.07) is 0.706. The van der Waals surface area contributed by atoms with Gasteiger partial charge in [-0.15, -0.1) is 0 Å². The van der Waals surface area contributed by atoms with Gasteiger partial charge < -0.3 is 5.32 Å². The molecule has 2 fully saturated rings. The number of hydrogen-bond acceptors (Lipinski definition) is 1. The first kappa shape index (κ1) is 20.0. The number of benzene rings is 1. The van der Waals surface area contributed by atoms with Crippen LogP contribution in [0.4, 0.5) is 26.3 Å². The van der Waals surface area contributed by atoms with Crippen LogP contribution in [0.2, 0.25) is 0 Å². The smallest absolute Gasteiger partial charge is 0.349 e. The molecule has 3 atom stereocenters. The van der Waals surface area contributed by atoms with Crippen molar-refractivity contribution in [1.29, 1.82) is 0 Å². The van der Waals surface area contributed by atoms with Gasteiger partial charge in [0.25, 0.3) is 5.91 Å². The monoisotopic (exact) mass is 393 g/mol. The lowest BCUT2D eigenvalue weighted by molar-refractivity contribution is -0.143. The van der Waals surface area contributed by atoms with E-state index in [0.29, 0.717) is 24.5 Å². The van der Waals surface area contributed by atoms with Gasteiger partial charge in [-0.3, -0.25) is 4.79 Å². The van der Waals surface area contributed by atoms with Crippen LogP contribution in [0.1, 0.15) is 61.5 Å². The molecule has 0 unspecified atom stereocenters. The highest BCUT2D eigenvalue weighted by molar-refractivity contribution is 5.95. The molecule has 0 aliphatic heterocycles. The molecule has 2 saturated carbocycles. The van der Waals surface area contributed by atoms with Gasteiger partial charge >= 0.3 is 12.4 Å². The summed E-state index contributed by atoms with van der Waals surface area (Å²) < 4.78 is 77.9. The van der Waals surface area contributed by atoms with E-state index >= 15 is 0 Å². The van der Waals surface area contributed by atoms with Crippen LogP contribution in [0.5, 0.6) is 0 Å². The molecule has 2 aliphatic carbocycles. The Labute approximate surface area is 153 Å². The van der Waals surface area contributed by atoms with Crippen LogP contribution in [0.25, 0.3) is 0 Å². The number of nitrogens with one attached hydrogen (secondary N) is 1. The lowest BCUT2D eigenvalue weighted by Gasteiger charge is -2.39. The molecule has 2 bridgehead atoms. The normalized spacial score (nSPS) is 29.8. The van der Waals surface area contributed by atoms with Gasteiger partial charge in [0.1, 0.15) is 0 Å². The number of fused-ring (bicyclic) bond motifs is 2. The van der Waals surface area contributed by atoms with E-state index in [9.17, 15) is 31.1 Å². The van der Waals surface area contributed by atoms with E-state index in [0.717, 1.165) is 12.8 Å². The van der Waals surface area contributed by atoms with Gasteiger partial charge in [-0.25, -0.2) is 0 Å². The van der Waals surface area contributed by atoms with Crippen molar-refractivity contribution in [1.82, 2.24) is 5.32 Å². The molecule has 0 radical (unpaired) electrons. The minimum Gasteiger partial charge on any atom is -0.349 e. The molecule has 1 N–H and O–H groups in total. The number of halogens is 6. The Bertz CT molecular complexity index is 734. The average Bonchev–Trinajstić information content (AvgIpc) is 2.86. The average molecular weight is 393 g/mol. The van der Waals surface area contributed by atoms with Crippen molar-refractivity contribution in [2.45, 2.75) is 58.4 Å². The Morgan fingerprint density at radius 3 is 1.89 bits per heavy atom. The zero-order valence-electron chi connectivity index (χ0n) is 15.2. The molecule has 0 heterocycles. The second kappa shape index (κ2) is 5.88. The standard InChI is InChI=1S/C19H21F6NO/c1-16(2)11-4-5-17(16,3)14(9-11)26-15(27)10-6-12(18(20,21)22)8-13(7-10)19(23,24)25/h6-8,11,14H,4-5,9H2,1-3H3,(H,26,27)/t11-,14-,17+/m1/s1. The number of alkyl halides is 6. The molecule has 0 spiro atoms. The van der Waals surface area contributed by atoms with Gasteiger partial charge in [0.05, 0.1) is 11.1 Å². The van der Waals surface area contributed by atoms with Crippen molar-refractivity contribution < 1.29 is 31.1 Å². The number of amides is 1. The number of rotatable bonds is 2. The summed E-state index contributed by atoms with van der Waals surface area (Å²) in [6.45, 7) is 6.23. The summed E-state index contributed by atoms with van der Waals surface area (Å²) in [7, 11) is 0. The van der Waals surface area contributed by atoms with Crippen LogP contribution in [-0.4, -0.2) is 11.9 Å². The van der Waals surface area contributed by atoms with E-state index in [-0.39, 0.29) is 22.9 Å². The summed E-state index contributed by atoms with van der Waals surface area (Å²) in [5.41, 5.74) is -3.87. The van der Waals surface area contributed by atoms with Crippen LogP contribution < -0.4 is 5.32 Å². The summed E-state index contributed by atoms with van der Waals surface area (Å²) in [5.74, 6) is -0.527. The molecule has 1 aromatic rings. The molecule has 150 valence electrons. The van der Waals surface area contributed by atoms with E-state index in [1.54, 1.807) is 0 Å². The Morgan fingerprint density at radius 1 is 1.00 bits per heavy atom. The number of carbonyl (C=O) groups excluding carboxylic acids is 1. The summed E-state index contributed by atoms with van der Waals surface area (Å²) in [6.07, 6.45) is -7.39. The third kappa shape index (κ3) is 3.21. The van der Waals surface area contributed by atoms with Gasteiger partial charge in [0.2, 0.25) is 0 Å². The fourth-order valence-electron chi connectivity index (χ4n) is 4.75. The van der Waals surface area contributed by atoms with Gasteiger partial charge in [0, 0.05) is 11.6 Å². The minimum atomic E-state index is -4.98. The van der Waals surface area contributed by atoms with E-state index in [1.165, 1.54) is 0 Å². The third-order valence-electron chi connectivity index (χ3n) is 6.95. The predicted molar refractivity (Wildman–Crippen MR) is 86.9 cm³/mol. The Morgan fingerprint density at radius 2 is 1.52 bits per heavy atom. The number of hydrogen-bond donors (Lipinski definition) is 1.